The number of amides is 1. The van der Waals surface area contributed by atoms with E-state index in [-0.39, 0.29) is 29.4 Å². The summed E-state index contributed by atoms with van der Waals surface area (Å²) >= 11 is 1.66. The van der Waals surface area contributed by atoms with Gasteiger partial charge in [-0.2, -0.15) is 0 Å². The first-order valence-electron chi connectivity index (χ1n) is 5.99. The van der Waals surface area contributed by atoms with Crippen molar-refractivity contribution in [2.75, 3.05) is 11.5 Å². The van der Waals surface area contributed by atoms with Crippen molar-refractivity contribution in [1.82, 2.24) is 5.32 Å². The Bertz CT molecular complexity index is 507. The second-order valence-corrected chi connectivity index (χ2v) is 8.05. The predicted octanol–water partition coefficient (Wildman–Crippen LogP) is 1.23. The Morgan fingerprint density at radius 2 is 2.39 bits per heavy atom. The van der Waals surface area contributed by atoms with Crippen LogP contribution in [0.15, 0.2) is 17.5 Å². The number of thiophene rings is 1. The predicted molar refractivity (Wildman–Crippen MR) is 72.4 cm³/mol. The first kappa shape index (κ1) is 13.5. The normalized spacial score (nSPS) is 23.7. The summed E-state index contributed by atoms with van der Waals surface area (Å²) in [6.07, 6.45) is 1.25. The summed E-state index contributed by atoms with van der Waals surface area (Å²) in [6, 6.07) is 4.06. The first-order valence-corrected chi connectivity index (χ1v) is 8.69. The summed E-state index contributed by atoms with van der Waals surface area (Å²) in [5.74, 6) is -0.337. The molecule has 1 aromatic rings. The number of rotatable bonds is 4. The molecule has 1 fully saturated rings. The molecule has 2 atom stereocenters. The molecule has 2 heterocycles. The number of carbonyl (C=O) groups excluding carboxylic acids is 1. The Morgan fingerprint density at radius 1 is 1.61 bits per heavy atom. The van der Waals surface area contributed by atoms with Crippen LogP contribution in [0.2, 0.25) is 0 Å². The molecule has 1 aliphatic rings. The van der Waals surface area contributed by atoms with Gasteiger partial charge in [0.2, 0.25) is 5.91 Å². The zero-order chi connectivity index (χ0) is 13.2. The summed E-state index contributed by atoms with van der Waals surface area (Å²) in [7, 11) is -2.98. The van der Waals surface area contributed by atoms with Crippen LogP contribution in [-0.4, -0.2) is 31.9 Å². The van der Waals surface area contributed by atoms with E-state index in [9.17, 15) is 13.2 Å². The number of hydrogen-bond acceptors (Lipinski definition) is 4. The third-order valence-corrected chi connectivity index (χ3v) is 5.75. The Balaban J connectivity index is 1.84. The van der Waals surface area contributed by atoms with Crippen LogP contribution in [-0.2, 0) is 21.1 Å². The Kier molecular flexibility index (Phi) is 4.07. The van der Waals surface area contributed by atoms with Gasteiger partial charge in [-0.25, -0.2) is 8.42 Å². The van der Waals surface area contributed by atoms with Gasteiger partial charge in [-0.05, 0) is 24.8 Å². The van der Waals surface area contributed by atoms with Crippen molar-refractivity contribution in [1.29, 1.82) is 0 Å². The molecule has 18 heavy (non-hydrogen) atoms. The van der Waals surface area contributed by atoms with E-state index in [1.165, 1.54) is 4.88 Å². The van der Waals surface area contributed by atoms with Gasteiger partial charge in [0, 0.05) is 17.3 Å². The standard InChI is InChI=1S/C12H17NO3S2/c1-9(7-11-3-2-5-17-11)13-12(14)10-4-6-18(15,16)8-10/h2-3,5,9-10H,4,6-8H2,1H3,(H,13,14)/t9-,10-/m1/s1. The van der Waals surface area contributed by atoms with Crippen molar-refractivity contribution in [2.45, 2.75) is 25.8 Å². The monoisotopic (exact) mass is 287 g/mol. The lowest BCUT2D eigenvalue weighted by Gasteiger charge is -2.15. The van der Waals surface area contributed by atoms with Crippen LogP contribution in [0.25, 0.3) is 0 Å². The smallest absolute Gasteiger partial charge is 0.224 e. The molecule has 6 heteroatoms. The molecule has 0 unspecified atom stereocenters. The second kappa shape index (κ2) is 5.40. The van der Waals surface area contributed by atoms with Gasteiger partial charge in [0.25, 0.3) is 0 Å². The first-order chi connectivity index (χ1) is 8.46. The average Bonchev–Trinajstić information content (AvgIpc) is 2.87. The van der Waals surface area contributed by atoms with Crippen LogP contribution in [0.3, 0.4) is 0 Å². The van der Waals surface area contributed by atoms with Gasteiger partial charge >= 0.3 is 0 Å². The number of hydrogen-bond donors (Lipinski definition) is 1. The van der Waals surface area contributed by atoms with Gasteiger partial charge in [0.1, 0.15) is 0 Å². The maximum atomic E-state index is 11.9. The van der Waals surface area contributed by atoms with Gasteiger partial charge in [-0.3, -0.25) is 4.79 Å². The van der Waals surface area contributed by atoms with Crippen LogP contribution >= 0.6 is 11.3 Å². The van der Waals surface area contributed by atoms with Gasteiger partial charge in [0.15, 0.2) is 9.84 Å². The Morgan fingerprint density at radius 3 is 2.94 bits per heavy atom. The number of carbonyl (C=O) groups is 1. The lowest BCUT2D eigenvalue weighted by molar-refractivity contribution is -0.124. The van der Waals surface area contributed by atoms with E-state index in [0.717, 1.165) is 6.42 Å². The fourth-order valence-corrected chi connectivity index (χ4v) is 4.72. The highest BCUT2D eigenvalue weighted by molar-refractivity contribution is 7.91. The van der Waals surface area contributed by atoms with E-state index in [0.29, 0.717) is 6.42 Å². The highest BCUT2D eigenvalue weighted by atomic mass is 32.2. The van der Waals surface area contributed by atoms with Crippen LogP contribution in [0, 0.1) is 5.92 Å². The van der Waals surface area contributed by atoms with Crippen LogP contribution in [0.1, 0.15) is 18.2 Å². The summed E-state index contributed by atoms with van der Waals surface area (Å²) < 4.78 is 22.6. The van der Waals surface area contributed by atoms with Crippen molar-refractivity contribution >= 4 is 27.1 Å². The van der Waals surface area contributed by atoms with Gasteiger partial charge in [0.05, 0.1) is 17.4 Å². The summed E-state index contributed by atoms with van der Waals surface area (Å²) in [5, 5.41) is 4.91. The maximum Gasteiger partial charge on any atom is 0.224 e. The Hall–Kier alpha value is -0.880. The quantitative estimate of drug-likeness (QED) is 0.906. The molecule has 1 aliphatic heterocycles. The highest BCUT2D eigenvalue weighted by Crippen LogP contribution is 2.19. The van der Waals surface area contributed by atoms with E-state index >= 15 is 0 Å². The van der Waals surface area contributed by atoms with E-state index in [4.69, 9.17) is 0 Å². The summed E-state index contributed by atoms with van der Waals surface area (Å²) in [5.41, 5.74) is 0. The molecule has 1 saturated heterocycles. The van der Waals surface area contributed by atoms with Crippen molar-refractivity contribution in [2.24, 2.45) is 5.92 Å². The van der Waals surface area contributed by atoms with Gasteiger partial charge < -0.3 is 5.32 Å². The summed E-state index contributed by atoms with van der Waals surface area (Å²) in [6.45, 7) is 1.95. The molecule has 2 rings (SSSR count). The zero-order valence-corrected chi connectivity index (χ0v) is 11.9. The molecule has 0 radical (unpaired) electrons. The molecule has 4 nitrogen and oxygen atoms in total. The van der Waals surface area contributed by atoms with E-state index in [1.807, 2.05) is 24.4 Å². The third kappa shape index (κ3) is 3.55. The average molecular weight is 287 g/mol. The minimum atomic E-state index is -2.98. The van der Waals surface area contributed by atoms with Crippen LogP contribution < -0.4 is 5.32 Å². The van der Waals surface area contributed by atoms with Gasteiger partial charge in [-0.15, -0.1) is 11.3 Å². The molecule has 1 amide bonds. The summed E-state index contributed by atoms with van der Waals surface area (Å²) in [4.78, 5) is 13.1. The zero-order valence-electron chi connectivity index (χ0n) is 10.3. The molecule has 0 bridgehead atoms. The topological polar surface area (TPSA) is 63.2 Å². The van der Waals surface area contributed by atoms with Crippen LogP contribution in [0.5, 0.6) is 0 Å². The third-order valence-electron chi connectivity index (χ3n) is 3.08. The Labute approximate surface area is 111 Å². The lowest BCUT2D eigenvalue weighted by Crippen LogP contribution is -2.38. The van der Waals surface area contributed by atoms with Crippen molar-refractivity contribution < 1.29 is 13.2 Å². The molecule has 100 valence electrons. The number of nitrogens with one attached hydrogen (secondary N) is 1. The second-order valence-electron chi connectivity index (χ2n) is 4.79. The largest absolute Gasteiger partial charge is 0.353 e. The minimum Gasteiger partial charge on any atom is -0.353 e. The van der Waals surface area contributed by atoms with Crippen molar-refractivity contribution in [3.8, 4) is 0 Å². The molecular formula is C12H17NO3S2. The fraction of sp³-hybridized carbons (Fsp3) is 0.583. The fourth-order valence-electron chi connectivity index (χ4n) is 2.14. The highest BCUT2D eigenvalue weighted by Gasteiger charge is 2.33. The molecule has 0 saturated carbocycles. The van der Waals surface area contributed by atoms with Gasteiger partial charge in [-0.1, -0.05) is 6.07 Å². The van der Waals surface area contributed by atoms with E-state index < -0.39 is 9.84 Å². The van der Waals surface area contributed by atoms with Crippen molar-refractivity contribution in [3.63, 3.8) is 0 Å². The minimum absolute atomic E-state index is 0.00452. The molecule has 1 aromatic heterocycles. The van der Waals surface area contributed by atoms with Crippen molar-refractivity contribution in [3.05, 3.63) is 22.4 Å². The lowest BCUT2D eigenvalue weighted by atomic mass is 10.1. The molecular weight excluding hydrogens is 270 g/mol. The maximum absolute atomic E-state index is 11.9. The molecule has 0 spiro atoms. The SMILES string of the molecule is C[C@H](Cc1cccs1)NC(=O)[C@@H]1CCS(=O)(=O)C1. The molecule has 0 aliphatic carbocycles. The van der Waals surface area contributed by atoms with E-state index in [2.05, 4.69) is 5.32 Å². The molecule has 1 N–H and O–H groups in total. The molecule has 0 aromatic carbocycles. The number of sulfone groups is 1. The van der Waals surface area contributed by atoms with E-state index in [1.54, 1.807) is 11.3 Å². The van der Waals surface area contributed by atoms with Crippen LogP contribution in [0.4, 0.5) is 0 Å².